The molecule has 4 heteroatoms. The second kappa shape index (κ2) is 3.47. The van der Waals surface area contributed by atoms with E-state index in [0.29, 0.717) is 11.5 Å². The summed E-state index contributed by atoms with van der Waals surface area (Å²) in [5, 5.41) is 9.49. The van der Waals surface area contributed by atoms with Crippen LogP contribution in [0.1, 0.15) is 11.7 Å². The van der Waals surface area contributed by atoms with Crippen molar-refractivity contribution in [2.24, 2.45) is 0 Å². The Kier molecular flexibility index (Phi) is 2.33. The minimum Gasteiger partial charge on any atom is -0.454 e. The van der Waals surface area contributed by atoms with Crippen molar-refractivity contribution >= 4 is 12.6 Å². The Morgan fingerprint density at radius 1 is 1.38 bits per heavy atom. The second-order valence-corrected chi connectivity index (χ2v) is 3.18. The number of hydrogen-bond donors (Lipinski definition) is 2. The number of thiol groups is 1. The van der Waals surface area contributed by atoms with Gasteiger partial charge in [0.2, 0.25) is 6.79 Å². The van der Waals surface area contributed by atoms with Gasteiger partial charge in [-0.1, -0.05) is 6.07 Å². The van der Waals surface area contributed by atoms with Crippen LogP contribution in [0.5, 0.6) is 11.5 Å². The summed E-state index contributed by atoms with van der Waals surface area (Å²) in [6.07, 6.45) is -0.544. The smallest absolute Gasteiger partial charge is 0.231 e. The molecule has 1 aromatic carbocycles. The maximum absolute atomic E-state index is 9.49. The predicted octanol–water partition coefficient (Wildman–Crippen LogP) is 1.38. The van der Waals surface area contributed by atoms with Crippen LogP contribution in [-0.4, -0.2) is 17.7 Å². The highest BCUT2D eigenvalue weighted by atomic mass is 32.1. The van der Waals surface area contributed by atoms with E-state index in [9.17, 15) is 5.11 Å². The van der Waals surface area contributed by atoms with Gasteiger partial charge in [0.1, 0.15) is 0 Å². The van der Waals surface area contributed by atoms with Crippen molar-refractivity contribution in [3.05, 3.63) is 23.8 Å². The van der Waals surface area contributed by atoms with E-state index < -0.39 is 6.10 Å². The van der Waals surface area contributed by atoms with Gasteiger partial charge in [0, 0.05) is 5.75 Å². The standard InChI is InChI=1S/C9H10O3S/c10-7(4-13)6-1-2-8-9(3-6)12-5-11-8/h1-3,7,10,13H,4-5H2. The molecule has 1 atom stereocenters. The SMILES string of the molecule is OC(CS)c1ccc2c(c1)OCO2. The van der Waals surface area contributed by atoms with Gasteiger partial charge in [-0.25, -0.2) is 0 Å². The van der Waals surface area contributed by atoms with Gasteiger partial charge in [0.15, 0.2) is 11.5 Å². The Morgan fingerprint density at radius 3 is 2.92 bits per heavy atom. The topological polar surface area (TPSA) is 38.7 Å². The molecular formula is C9H10O3S. The molecule has 0 saturated heterocycles. The van der Waals surface area contributed by atoms with Gasteiger partial charge in [-0.2, -0.15) is 12.6 Å². The van der Waals surface area contributed by atoms with Crippen LogP contribution in [0.4, 0.5) is 0 Å². The zero-order valence-electron chi connectivity index (χ0n) is 6.93. The molecule has 0 spiro atoms. The molecule has 0 saturated carbocycles. The number of rotatable bonds is 2. The minimum absolute atomic E-state index is 0.260. The van der Waals surface area contributed by atoms with Crippen LogP contribution in [0.2, 0.25) is 0 Å². The van der Waals surface area contributed by atoms with E-state index in [1.807, 2.05) is 6.07 Å². The van der Waals surface area contributed by atoms with Gasteiger partial charge < -0.3 is 14.6 Å². The maximum Gasteiger partial charge on any atom is 0.231 e. The Labute approximate surface area is 81.7 Å². The number of aliphatic hydroxyl groups excluding tert-OH is 1. The van der Waals surface area contributed by atoms with E-state index in [2.05, 4.69) is 12.6 Å². The molecular weight excluding hydrogens is 188 g/mol. The lowest BCUT2D eigenvalue weighted by atomic mass is 10.1. The summed E-state index contributed by atoms with van der Waals surface area (Å²) in [5.41, 5.74) is 0.805. The molecule has 0 aliphatic carbocycles. The first kappa shape index (κ1) is 8.72. The van der Waals surface area contributed by atoms with Gasteiger partial charge in [-0.3, -0.25) is 0 Å². The molecule has 1 heterocycles. The molecule has 3 nitrogen and oxygen atoms in total. The average Bonchev–Trinajstić information content (AvgIpc) is 2.63. The fourth-order valence-corrected chi connectivity index (χ4v) is 1.44. The highest BCUT2D eigenvalue weighted by Gasteiger charge is 2.15. The molecule has 0 aromatic heterocycles. The van der Waals surface area contributed by atoms with Gasteiger partial charge in [-0.15, -0.1) is 0 Å². The van der Waals surface area contributed by atoms with Gasteiger partial charge >= 0.3 is 0 Å². The van der Waals surface area contributed by atoms with Crippen LogP contribution >= 0.6 is 12.6 Å². The zero-order valence-corrected chi connectivity index (χ0v) is 7.83. The highest BCUT2D eigenvalue weighted by Crippen LogP contribution is 2.34. The van der Waals surface area contributed by atoms with Crippen molar-refractivity contribution < 1.29 is 14.6 Å². The van der Waals surface area contributed by atoms with E-state index in [1.54, 1.807) is 12.1 Å². The lowest BCUT2D eigenvalue weighted by molar-refractivity contribution is 0.173. The van der Waals surface area contributed by atoms with Gasteiger partial charge in [-0.05, 0) is 17.7 Å². The third-order valence-corrected chi connectivity index (χ3v) is 2.30. The molecule has 0 amide bonds. The number of hydrogen-bond acceptors (Lipinski definition) is 4. The Balaban J connectivity index is 2.30. The third kappa shape index (κ3) is 1.59. The maximum atomic E-state index is 9.49. The van der Waals surface area contributed by atoms with Gasteiger partial charge in [0.25, 0.3) is 0 Å². The fourth-order valence-electron chi connectivity index (χ4n) is 1.23. The Morgan fingerprint density at radius 2 is 2.15 bits per heavy atom. The summed E-state index contributed by atoms with van der Waals surface area (Å²) in [6.45, 7) is 0.260. The van der Waals surface area contributed by atoms with Crippen molar-refractivity contribution in [1.29, 1.82) is 0 Å². The Bertz CT molecular complexity index is 314. The number of aliphatic hydroxyl groups is 1. The lowest BCUT2D eigenvalue weighted by Crippen LogP contribution is -1.98. The van der Waals surface area contributed by atoms with Crippen LogP contribution in [0.15, 0.2) is 18.2 Å². The van der Waals surface area contributed by atoms with E-state index in [4.69, 9.17) is 9.47 Å². The van der Waals surface area contributed by atoms with E-state index in [0.717, 1.165) is 11.3 Å². The highest BCUT2D eigenvalue weighted by molar-refractivity contribution is 7.80. The Hall–Kier alpha value is -0.870. The summed E-state index contributed by atoms with van der Waals surface area (Å²) in [6, 6.07) is 5.39. The fraction of sp³-hybridized carbons (Fsp3) is 0.333. The summed E-state index contributed by atoms with van der Waals surface area (Å²) in [5.74, 6) is 1.83. The van der Waals surface area contributed by atoms with Crippen molar-refractivity contribution in [3.8, 4) is 11.5 Å². The van der Waals surface area contributed by atoms with Crippen LogP contribution in [0.3, 0.4) is 0 Å². The normalized spacial score (nSPS) is 15.8. The predicted molar refractivity (Wildman–Crippen MR) is 51.4 cm³/mol. The molecule has 1 aliphatic heterocycles. The number of ether oxygens (including phenoxy) is 2. The van der Waals surface area contributed by atoms with Crippen LogP contribution in [0, 0.1) is 0 Å². The molecule has 0 bridgehead atoms. The van der Waals surface area contributed by atoms with Crippen molar-refractivity contribution in [2.75, 3.05) is 12.5 Å². The molecule has 0 fully saturated rings. The lowest BCUT2D eigenvalue weighted by Gasteiger charge is -2.07. The summed E-state index contributed by atoms with van der Waals surface area (Å²) in [4.78, 5) is 0. The number of benzene rings is 1. The quantitative estimate of drug-likeness (QED) is 0.705. The van der Waals surface area contributed by atoms with E-state index in [1.165, 1.54) is 0 Å². The van der Waals surface area contributed by atoms with E-state index >= 15 is 0 Å². The largest absolute Gasteiger partial charge is 0.454 e. The number of fused-ring (bicyclic) bond motifs is 1. The summed E-state index contributed by atoms with van der Waals surface area (Å²) in [7, 11) is 0. The molecule has 1 aromatic rings. The molecule has 0 radical (unpaired) electrons. The van der Waals surface area contributed by atoms with Crippen molar-refractivity contribution in [1.82, 2.24) is 0 Å². The first-order valence-electron chi connectivity index (χ1n) is 3.99. The average molecular weight is 198 g/mol. The monoisotopic (exact) mass is 198 g/mol. The summed E-state index contributed by atoms with van der Waals surface area (Å²) < 4.78 is 10.3. The molecule has 1 aliphatic rings. The first-order chi connectivity index (χ1) is 6.31. The van der Waals surface area contributed by atoms with Crippen LogP contribution in [0.25, 0.3) is 0 Å². The molecule has 70 valence electrons. The van der Waals surface area contributed by atoms with Crippen molar-refractivity contribution in [3.63, 3.8) is 0 Å². The van der Waals surface area contributed by atoms with Crippen LogP contribution < -0.4 is 9.47 Å². The molecule has 1 N–H and O–H groups in total. The minimum atomic E-state index is -0.544. The molecule has 1 unspecified atom stereocenters. The third-order valence-electron chi connectivity index (χ3n) is 1.95. The van der Waals surface area contributed by atoms with Crippen molar-refractivity contribution in [2.45, 2.75) is 6.10 Å². The van der Waals surface area contributed by atoms with Crippen LogP contribution in [-0.2, 0) is 0 Å². The molecule has 2 rings (SSSR count). The first-order valence-corrected chi connectivity index (χ1v) is 4.63. The van der Waals surface area contributed by atoms with E-state index in [-0.39, 0.29) is 6.79 Å². The second-order valence-electron chi connectivity index (χ2n) is 2.81. The summed E-state index contributed by atoms with van der Waals surface area (Å²) >= 11 is 4.01. The van der Waals surface area contributed by atoms with Gasteiger partial charge in [0.05, 0.1) is 6.10 Å². The zero-order chi connectivity index (χ0) is 9.26. The molecule has 13 heavy (non-hydrogen) atoms.